The van der Waals surface area contributed by atoms with E-state index < -0.39 is 5.97 Å². The highest BCUT2D eigenvalue weighted by molar-refractivity contribution is 5.98. The van der Waals surface area contributed by atoms with Gasteiger partial charge in [0.1, 0.15) is 0 Å². The Morgan fingerprint density at radius 2 is 2.21 bits per heavy atom. The van der Waals surface area contributed by atoms with Crippen LogP contribution >= 0.6 is 0 Å². The quantitative estimate of drug-likeness (QED) is 0.848. The van der Waals surface area contributed by atoms with Crippen molar-refractivity contribution in [3.8, 4) is 11.3 Å². The Labute approximate surface area is 111 Å². The Morgan fingerprint density at radius 1 is 1.47 bits per heavy atom. The Bertz CT molecular complexity index is 604. The number of anilines is 1. The van der Waals surface area contributed by atoms with Gasteiger partial charge in [-0.15, -0.1) is 0 Å². The number of ether oxygens (including phenoxy) is 1. The second-order valence-corrected chi connectivity index (χ2v) is 4.48. The molecule has 100 valence electrons. The van der Waals surface area contributed by atoms with Gasteiger partial charge in [-0.3, -0.25) is 9.67 Å². The van der Waals surface area contributed by atoms with E-state index in [4.69, 9.17) is 10.5 Å². The molecule has 19 heavy (non-hydrogen) atoms. The maximum Gasteiger partial charge on any atom is 0.340 e. The summed E-state index contributed by atoms with van der Waals surface area (Å²) in [6.45, 7) is 3.58. The van der Waals surface area contributed by atoms with Gasteiger partial charge in [-0.2, -0.15) is 5.10 Å². The van der Waals surface area contributed by atoms with Crippen LogP contribution in [0.4, 0.5) is 5.69 Å². The molecule has 0 aliphatic rings. The fourth-order valence-corrected chi connectivity index (χ4v) is 1.70. The van der Waals surface area contributed by atoms with Crippen LogP contribution < -0.4 is 5.73 Å². The number of aryl methyl sites for hydroxylation is 1. The molecule has 0 saturated heterocycles. The van der Waals surface area contributed by atoms with Crippen LogP contribution in [-0.4, -0.2) is 26.8 Å². The summed E-state index contributed by atoms with van der Waals surface area (Å²) in [5.74, 6) is -0.444. The molecule has 2 rings (SSSR count). The summed E-state index contributed by atoms with van der Waals surface area (Å²) >= 11 is 0. The van der Waals surface area contributed by atoms with Gasteiger partial charge in [-0.05, 0) is 19.9 Å². The third kappa shape index (κ3) is 2.73. The highest BCUT2D eigenvalue weighted by Crippen LogP contribution is 2.26. The fourth-order valence-electron chi connectivity index (χ4n) is 1.70. The molecule has 2 aromatic rings. The zero-order valence-corrected chi connectivity index (χ0v) is 11.1. The van der Waals surface area contributed by atoms with Crippen molar-refractivity contribution in [3.05, 3.63) is 30.2 Å². The van der Waals surface area contributed by atoms with Gasteiger partial charge in [0, 0.05) is 25.0 Å². The van der Waals surface area contributed by atoms with Crippen LogP contribution in [-0.2, 0) is 11.8 Å². The normalized spacial score (nSPS) is 10.7. The molecule has 0 saturated carbocycles. The first-order valence-electron chi connectivity index (χ1n) is 5.93. The van der Waals surface area contributed by atoms with Gasteiger partial charge in [-0.1, -0.05) is 0 Å². The second kappa shape index (κ2) is 5.09. The lowest BCUT2D eigenvalue weighted by Crippen LogP contribution is -2.14. The molecule has 0 aliphatic carbocycles. The van der Waals surface area contributed by atoms with E-state index >= 15 is 0 Å². The monoisotopic (exact) mass is 260 g/mol. The van der Waals surface area contributed by atoms with Crippen molar-refractivity contribution >= 4 is 11.7 Å². The predicted molar refractivity (Wildman–Crippen MR) is 71.4 cm³/mol. The number of carbonyl (C=O) groups is 1. The van der Waals surface area contributed by atoms with E-state index in [1.165, 1.54) is 6.20 Å². The average molecular weight is 260 g/mol. The van der Waals surface area contributed by atoms with Gasteiger partial charge in [0.2, 0.25) is 0 Å². The number of pyridine rings is 1. The molecule has 0 aliphatic heterocycles. The molecular formula is C13H16N4O2. The summed E-state index contributed by atoms with van der Waals surface area (Å²) in [6.07, 6.45) is 4.78. The standard InChI is InChI=1S/C13H16N4O2/c1-8(2)19-13(18)10-4-5-15-12(11(10)14)9-6-16-17(3)7-9/h4-8H,14H2,1-3H3. The van der Waals surface area contributed by atoms with Crippen LogP contribution in [0.3, 0.4) is 0 Å². The van der Waals surface area contributed by atoms with E-state index in [2.05, 4.69) is 10.1 Å². The highest BCUT2D eigenvalue weighted by Gasteiger charge is 2.17. The number of nitrogens with two attached hydrogens (primary N) is 1. The van der Waals surface area contributed by atoms with E-state index in [0.29, 0.717) is 16.9 Å². The lowest BCUT2D eigenvalue weighted by molar-refractivity contribution is 0.0379. The summed E-state index contributed by atoms with van der Waals surface area (Å²) in [6, 6.07) is 1.56. The summed E-state index contributed by atoms with van der Waals surface area (Å²) in [5, 5.41) is 4.06. The van der Waals surface area contributed by atoms with Crippen molar-refractivity contribution in [2.45, 2.75) is 20.0 Å². The van der Waals surface area contributed by atoms with Gasteiger partial charge in [-0.25, -0.2) is 4.79 Å². The van der Waals surface area contributed by atoms with Gasteiger partial charge >= 0.3 is 5.97 Å². The molecule has 0 spiro atoms. The molecule has 0 fully saturated rings. The molecule has 0 bridgehead atoms. The molecular weight excluding hydrogens is 244 g/mol. The smallest absolute Gasteiger partial charge is 0.340 e. The topological polar surface area (TPSA) is 83.0 Å². The minimum atomic E-state index is -0.444. The zero-order valence-electron chi connectivity index (χ0n) is 11.1. The van der Waals surface area contributed by atoms with E-state index in [9.17, 15) is 4.79 Å². The van der Waals surface area contributed by atoms with E-state index in [1.807, 2.05) is 0 Å². The van der Waals surface area contributed by atoms with Crippen LogP contribution in [0.1, 0.15) is 24.2 Å². The number of rotatable bonds is 3. The maximum atomic E-state index is 11.9. The molecule has 0 aromatic carbocycles. The molecule has 6 heteroatoms. The number of aromatic nitrogens is 3. The molecule has 2 N–H and O–H groups in total. The van der Waals surface area contributed by atoms with Crippen molar-refractivity contribution in [2.75, 3.05) is 5.73 Å². The second-order valence-electron chi connectivity index (χ2n) is 4.48. The van der Waals surface area contributed by atoms with Crippen molar-refractivity contribution in [1.82, 2.24) is 14.8 Å². The number of hydrogen-bond acceptors (Lipinski definition) is 5. The van der Waals surface area contributed by atoms with E-state index in [1.54, 1.807) is 44.0 Å². The Hall–Kier alpha value is -2.37. The molecule has 2 aromatic heterocycles. The predicted octanol–water partition coefficient (Wildman–Crippen LogP) is 1.63. The molecule has 0 amide bonds. The summed E-state index contributed by atoms with van der Waals surface area (Å²) < 4.78 is 6.79. The minimum absolute atomic E-state index is 0.193. The van der Waals surface area contributed by atoms with Gasteiger partial charge in [0.15, 0.2) is 0 Å². The summed E-state index contributed by atoms with van der Waals surface area (Å²) in [4.78, 5) is 16.1. The first-order chi connectivity index (χ1) is 8.99. The van der Waals surface area contributed by atoms with Crippen LogP contribution in [0.15, 0.2) is 24.7 Å². The van der Waals surface area contributed by atoms with Gasteiger partial charge < -0.3 is 10.5 Å². The van der Waals surface area contributed by atoms with Crippen molar-refractivity contribution in [1.29, 1.82) is 0 Å². The largest absolute Gasteiger partial charge is 0.459 e. The van der Waals surface area contributed by atoms with E-state index in [-0.39, 0.29) is 6.10 Å². The number of hydrogen-bond donors (Lipinski definition) is 1. The Morgan fingerprint density at radius 3 is 2.79 bits per heavy atom. The third-order valence-electron chi connectivity index (χ3n) is 2.53. The summed E-state index contributed by atoms with van der Waals surface area (Å²) in [5.41, 5.74) is 7.93. The maximum absolute atomic E-state index is 11.9. The lowest BCUT2D eigenvalue weighted by atomic mass is 10.1. The third-order valence-corrected chi connectivity index (χ3v) is 2.53. The van der Waals surface area contributed by atoms with Gasteiger partial charge in [0.25, 0.3) is 0 Å². The van der Waals surface area contributed by atoms with Gasteiger partial charge in [0.05, 0.1) is 29.2 Å². The van der Waals surface area contributed by atoms with Crippen molar-refractivity contribution in [2.24, 2.45) is 7.05 Å². The Balaban J connectivity index is 2.41. The molecule has 0 radical (unpaired) electrons. The van der Waals surface area contributed by atoms with Crippen LogP contribution in [0, 0.1) is 0 Å². The molecule has 6 nitrogen and oxygen atoms in total. The van der Waals surface area contributed by atoms with Crippen LogP contribution in [0.25, 0.3) is 11.3 Å². The zero-order chi connectivity index (χ0) is 14.0. The molecule has 2 heterocycles. The number of esters is 1. The first kappa shape index (κ1) is 13.1. The van der Waals surface area contributed by atoms with Crippen LogP contribution in [0.5, 0.6) is 0 Å². The number of carbonyl (C=O) groups excluding carboxylic acids is 1. The highest BCUT2D eigenvalue weighted by atomic mass is 16.5. The number of nitrogen functional groups attached to an aromatic ring is 1. The van der Waals surface area contributed by atoms with Crippen LogP contribution in [0.2, 0.25) is 0 Å². The average Bonchev–Trinajstić information content (AvgIpc) is 2.75. The minimum Gasteiger partial charge on any atom is -0.459 e. The van der Waals surface area contributed by atoms with Crippen molar-refractivity contribution < 1.29 is 9.53 Å². The molecule has 0 unspecified atom stereocenters. The Kier molecular flexibility index (Phi) is 3.50. The lowest BCUT2D eigenvalue weighted by Gasteiger charge is -2.11. The molecule has 0 atom stereocenters. The van der Waals surface area contributed by atoms with Crippen molar-refractivity contribution in [3.63, 3.8) is 0 Å². The summed E-state index contributed by atoms with van der Waals surface area (Å²) in [7, 11) is 1.80. The number of nitrogens with zero attached hydrogens (tertiary/aromatic N) is 3. The fraction of sp³-hybridized carbons (Fsp3) is 0.308. The van der Waals surface area contributed by atoms with E-state index in [0.717, 1.165) is 5.56 Å². The first-order valence-corrected chi connectivity index (χ1v) is 5.93. The SMILES string of the molecule is CC(C)OC(=O)c1ccnc(-c2cnn(C)c2)c1N.